The molecule has 14 heavy (non-hydrogen) atoms. The Labute approximate surface area is 90.2 Å². The van der Waals surface area contributed by atoms with Gasteiger partial charge in [-0.2, -0.15) is 5.26 Å². The van der Waals surface area contributed by atoms with E-state index in [1.54, 1.807) is 6.07 Å². The van der Waals surface area contributed by atoms with Crippen LogP contribution in [-0.2, 0) is 6.42 Å². The average molecular weight is 223 g/mol. The molecule has 2 rings (SSSR count). The molecule has 0 unspecified atom stereocenters. The molecule has 1 aromatic carbocycles. The largest absolute Gasteiger partial charge is 0.207 e. The number of thiophene rings is 1. The summed E-state index contributed by atoms with van der Waals surface area (Å²) in [5, 5.41) is 9.56. The van der Waals surface area contributed by atoms with Gasteiger partial charge in [0.15, 0.2) is 0 Å². The number of hydrogen-bond acceptors (Lipinski definition) is 3. The number of benzene rings is 1. The zero-order valence-electron chi connectivity index (χ0n) is 7.12. The van der Waals surface area contributed by atoms with Crippen molar-refractivity contribution in [3.05, 3.63) is 29.6 Å². The highest BCUT2D eigenvalue weighted by molar-refractivity contribution is 7.83. The van der Waals surface area contributed by atoms with Crippen molar-refractivity contribution in [2.24, 2.45) is 0 Å². The lowest BCUT2D eigenvalue weighted by Gasteiger charge is -1.93. The first-order chi connectivity index (χ1) is 6.72. The van der Waals surface area contributed by atoms with Crippen molar-refractivity contribution in [3.8, 4) is 6.07 Å². The molecule has 0 aliphatic rings. The van der Waals surface area contributed by atoms with E-state index in [1.807, 2.05) is 0 Å². The predicted octanol–water partition coefficient (Wildman–Crippen LogP) is 3.40. The molecule has 0 spiro atoms. The first kappa shape index (κ1) is 9.50. The minimum absolute atomic E-state index is 0.254. The van der Waals surface area contributed by atoms with Crippen LogP contribution in [0.25, 0.3) is 10.1 Å². The highest BCUT2D eigenvalue weighted by Crippen LogP contribution is 2.34. The molecule has 0 fully saturated rings. The highest BCUT2D eigenvalue weighted by atomic mass is 32.2. The van der Waals surface area contributed by atoms with Crippen LogP contribution in [0.4, 0.5) is 4.39 Å². The standard InChI is InChI=1S/C10H6FNS2/c11-6-1-2-7-8(3-4-12)10(13)14-9(7)5-6/h1-2,5,13H,3H2. The van der Waals surface area contributed by atoms with E-state index in [4.69, 9.17) is 5.26 Å². The van der Waals surface area contributed by atoms with Crippen LogP contribution in [0.15, 0.2) is 22.4 Å². The summed E-state index contributed by atoms with van der Waals surface area (Å²) in [6.07, 6.45) is 0.324. The van der Waals surface area contributed by atoms with Gasteiger partial charge in [-0.3, -0.25) is 0 Å². The molecule has 0 aliphatic heterocycles. The van der Waals surface area contributed by atoms with Gasteiger partial charge in [-0.1, -0.05) is 6.07 Å². The van der Waals surface area contributed by atoms with Crippen molar-refractivity contribution >= 4 is 34.1 Å². The second kappa shape index (κ2) is 3.60. The molecule has 4 heteroatoms. The van der Waals surface area contributed by atoms with Crippen molar-refractivity contribution in [3.63, 3.8) is 0 Å². The maximum atomic E-state index is 12.9. The van der Waals surface area contributed by atoms with Gasteiger partial charge in [0.25, 0.3) is 0 Å². The van der Waals surface area contributed by atoms with E-state index in [0.29, 0.717) is 6.42 Å². The highest BCUT2D eigenvalue weighted by Gasteiger charge is 2.09. The Balaban J connectivity index is 2.72. The van der Waals surface area contributed by atoms with Crippen LogP contribution >= 0.6 is 24.0 Å². The Morgan fingerprint density at radius 1 is 1.50 bits per heavy atom. The fraction of sp³-hybridized carbons (Fsp3) is 0.100. The summed E-state index contributed by atoms with van der Waals surface area (Å²) in [6, 6.07) is 6.66. The van der Waals surface area contributed by atoms with E-state index in [0.717, 1.165) is 19.9 Å². The van der Waals surface area contributed by atoms with Crippen LogP contribution in [0.5, 0.6) is 0 Å². The lowest BCUT2D eigenvalue weighted by Crippen LogP contribution is -1.79. The van der Waals surface area contributed by atoms with E-state index in [1.165, 1.54) is 23.5 Å². The topological polar surface area (TPSA) is 23.8 Å². The molecule has 0 saturated heterocycles. The van der Waals surface area contributed by atoms with Crippen LogP contribution in [-0.4, -0.2) is 0 Å². The van der Waals surface area contributed by atoms with Crippen LogP contribution in [0.3, 0.4) is 0 Å². The summed E-state index contributed by atoms with van der Waals surface area (Å²) < 4.78 is 14.5. The van der Waals surface area contributed by atoms with Crippen LogP contribution in [0, 0.1) is 17.1 Å². The first-order valence-corrected chi connectivity index (χ1v) is 5.25. The van der Waals surface area contributed by atoms with Crippen LogP contribution < -0.4 is 0 Å². The third kappa shape index (κ3) is 1.49. The number of rotatable bonds is 1. The smallest absolute Gasteiger partial charge is 0.124 e. The molecule has 0 saturated carbocycles. The maximum Gasteiger partial charge on any atom is 0.124 e. The lowest BCUT2D eigenvalue weighted by molar-refractivity contribution is 0.630. The molecule has 0 aliphatic carbocycles. The van der Waals surface area contributed by atoms with Gasteiger partial charge in [-0.25, -0.2) is 4.39 Å². The zero-order chi connectivity index (χ0) is 10.1. The second-order valence-electron chi connectivity index (χ2n) is 2.86. The molecule has 0 N–H and O–H groups in total. The first-order valence-electron chi connectivity index (χ1n) is 3.99. The second-order valence-corrected chi connectivity index (χ2v) is 4.66. The molecule has 1 heterocycles. The molecule has 1 nitrogen and oxygen atoms in total. The Morgan fingerprint density at radius 2 is 2.29 bits per heavy atom. The van der Waals surface area contributed by atoms with Crippen LogP contribution in [0.1, 0.15) is 5.56 Å². The minimum Gasteiger partial charge on any atom is -0.207 e. The van der Waals surface area contributed by atoms with Crippen molar-refractivity contribution < 1.29 is 4.39 Å². The van der Waals surface area contributed by atoms with Gasteiger partial charge in [0.05, 0.1) is 16.7 Å². The number of hydrogen-bond donors (Lipinski definition) is 1. The summed E-state index contributed by atoms with van der Waals surface area (Å²) >= 11 is 5.68. The Hall–Kier alpha value is -1.05. The van der Waals surface area contributed by atoms with Crippen molar-refractivity contribution in [1.82, 2.24) is 0 Å². The Morgan fingerprint density at radius 3 is 3.00 bits per heavy atom. The molecular formula is C10H6FNS2. The van der Waals surface area contributed by atoms with Crippen LogP contribution in [0.2, 0.25) is 0 Å². The molecule has 0 amide bonds. The van der Waals surface area contributed by atoms with E-state index in [2.05, 4.69) is 18.7 Å². The number of nitrogens with zero attached hydrogens (tertiary/aromatic N) is 1. The number of fused-ring (bicyclic) bond motifs is 1. The zero-order valence-corrected chi connectivity index (χ0v) is 8.83. The summed E-state index contributed by atoms with van der Waals surface area (Å²) in [6.45, 7) is 0. The van der Waals surface area contributed by atoms with Gasteiger partial charge < -0.3 is 0 Å². The van der Waals surface area contributed by atoms with Gasteiger partial charge in [0.1, 0.15) is 5.82 Å². The molecule has 0 atom stereocenters. The summed E-state index contributed by atoms with van der Waals surface area (Å²) in [5.74, 6) is -0.254. The summed E-state index contributed by atoms with van der Waals surface area (Å²) in [5.41, 5.74) is 0.899. The number of thiol groups is 1. The van der Waals surface area contributed by atoms with Crippen molar-refractivity contribution in [2.75, 3.05) is 0 Å². The van der Waals surface area contributed by atoms with E-state index in [-0.39, 0.29) is 5.82 Å². The van der Waals surface area contributed by atoms with E-state index < -0.39 is 0 Å². The Kier molecular flexibility index (Phi) is 2.44. The Bertz CT molecular complexity index is 525. The molecule has 0 radical (unpaired) electrons. The van der Waals surface area contributed by atoms with E-state index in [9.17, 15) is 4.39 Å². The summed E-state index contributed by atoms with van der Waals surface area (Å²) in [7, 11) is 0. The quantitative estimate of drug-likeness (QED) is 0.736. The minimum atomic E-state index is -0.254. The molecule has 0 bridgehead atoms. The van der Waals surface area contributed by atoms with Gasteiger partial charge in [0.2, 0.25) is 0 Å². The maximum absolute atomic E-state index is 12.9. The molecule has 1 aromatic heterocycles. The fourth-order valence-electron chi connectivity index (χ4n) is 1.36. The number of nitriles is 1. The monoisotopic (exact) mass is 223 g/mol. The van der Waals surface area contributed by atoms with Gasteiger partial charge in [0, 0.05) is 4.70 Å². The van der Waals surface area contributed by atoms with Gasteiger partial charge in [-0.05, 0) is 23.1 Å². The third-order valence-corrected chi connectivity index (χ3v) is 3.53. The SMILES string of the molecule is N#CCc1c(S)sc2cc(F)ccc12. The average Bonchev–Trinajstić information content (AvgIpc) is 2.43. The summed E-state index contributed by atoms with van der Waals surface area (Å²) in [4.78, 5) is 0. The fourth-order valence-corrected chi connectivity index (χ4v) is 2.84. The van der Waals surface area contributed by atoms with Gasteiger partial charge in [-0.15, -0.1) is 24.0 Å². The van der Waals surface area contributed by atoms with Crippen molar-refractivity contribution in [2.45, 2.75) is 10.6 Å². The van der Waals surface area contributed by atoms with Crippen molar-refractivity contribution in [1.29, 1.82) is 5.26 Å². The molecule has 2 aromatic rings. The normalized spacial score (nSPS) is 10.4. The molecule has 70 valence electrons. The third-order valence-electron chi connectivity index (χ3n) is 1.99. The number of halogens is 1. The van der Waals surface area contributed by atoms with E-state index >= 15 is 0 Å². The van der Waals surface area contributed by atoms with Gasteiger partial charge >= 0.3 is 0 Å². The lowest BCUT2D eigenvalue weighted by atomic mass is 10.1. The molecular weight excluding hydrogens is 217 g/mol. The predicted molar refractivity (Wildman–Crippen MR) is 58.4 cm³/mol.